The Morgan fingerprint density at radius 3 is 2.45 bits per heavy atom. The quantitative estimate of drug-likeness (QED) is 0.141. The van der Waals surface area contributed by atoms with E-state index in [0.717, 1.165) is 24.6 Å². The molecule has 0 bridgehead atoms. The first-order valence-electron chi connectivity index (χ1n) is 14.3. The summed E-state index contributed by atoms with van der Waals surface area (Å²) in [5, 5.41) is 21.7. The number of nitrogens with zero attached hydrogens (tertiary/aromatic N) is 2. The zero-order valence-electron chi connectivity index (χ0n) is 25.5. The first-order chi connectivity index (χ1) is 22.2. The Labute approximate surface area is 266 Å². The number of H-pyrrole nitrogens is 1. The Morgan fingerprint density at radius 1 is 1.15 bits per heavy atom. The third kappa shape index (κ3) is 7.12. The molecule has 0 unspecified atom stereocenters. The van der Waals surface area contributed by atoms with Gasteiger partial charge in [0.05, 0.1) is 0 Å². The van der Waals surface area contributed by atoms with Gasteiger partial charge in [-0.05, 0) is 31.4 Å². The number of aryl methyl sites for hydroxylation is 1. The summed E-state index contributed by atoms with van der Waals surface area (Å²) < 4.78 is 24.0. The van der Waals surface area contributed by atoms with E-state index in [1.165, 1.54) is 30.0 Å². The highest BCUT2D eigenvalue weighted by Gasteiger charge is 2.62. The van der Waals surface area contributed by atoms with Crippen LogP contribution in [-0.2, 0) is 39.8 Å². The van der Waals surface area contributed by atoms with Crippen molar-refractivity contribution in [2.75, 3.05) is 24.6 Å². The van der Waals surface area contributed by atoms with Gasteiger partial charge in [-0.1, -0.05) is 12.0 Å². The molecular formula is C30H32N4O13. The van der Waals surface area contributed by atoms with Gasteiger partial charge in [-0.2, -0.15) is 0 Å². The molecule has 1 aromatic heterocycles. The van der Waals surface area contributed by atoms with E-state index in [1.54, 1.807) is 0 Å². The molecule has 1 aromatic carbocycles. The van der Waals surface area contributed by atoms with Crippen LogP contribution < -0.4 is 26.2 Å². The van der Waals surface area contributed by atoms with Crippen molar-refractivity contribution >= 4 is 35.6 Å². The largest absolute Gasteiger partial charge is 0.490 e. The summed E-state index contributed by atoms with van der Waals surface area (Å²) in [6.07, 6.45) is 2.47. The number of aromatic nitrogens is 2. The monoisotopic (exact) mass is 656 g/mol. The van der Waals surface area contributed by atoms with E-state index < -0.39 is 84.1 Å². The molecule has 250 valence electrons. The van der Waals surface area contributed by atoms with Crippen molar-refractivity contribution in [3.63, 3.8) is 0 Å². The maximum atomic E-state index is 12.9. The number of carboxylic acids is 2. The second kappa shape index (κ2) is 13.8. The Morgan fingerprint density at radius 2 is 1.85 bits per heavy atom. The fourth-order valence-electron chi connectivity index (χ4n) is 5.33. The molecule has 2 aromatic rings. The van der Waals surface area contributed by atoms with E-state index in [-0.39, 0.29) is 16.9 Å². The number of carboxylic acid groups (broad SMARTS) is 2. The summed E-state index contributed by atoms with van der Waals surface area (Å²) in [6, 6.07) is 3.91. The maximum absolute atomic E-state index is 12.9. The Balaban J connectivity index is 1.80. The van der Waals surface area contributed by atoms with Crippen LogP contribution in [0.5, 0.6) is 5.75 Å². The van der Waals surface area contributed by atoms with Crippen molar-refractivity contribution in [2.45, 2.75) is 57.6 Å². The van der Waals surface area contributed by atoms with E-state index in [4.69, 9.17) is 25.4 Å². The molecule has 0 saturated carbocycles. The first kappa shape index (κ1) is 34.2. The van der Waals surface area contributed by atoms with Crippen LogP contribution in [-0.4, -0.2) is 87.2 Å². The predicted octanol–water partition coefficient (Wildman–Crippen LogP) is -0.0642. The fraction of sp³-hybridized carbons (Fsp3) is 0.433. The van der Waals surface area contributed by atoms with Crippen LogP contribution >= 0.6 is 0 Å². The van der Waals surface area contributed by atoms with E-state index >= 15 is 0 Å². The van der Waals surface area contributed by atoms with Gasteiger partial charge in [0.25, 0.3) is 5.56 Å². The number of hydrogen-bond acceptors (Lipinski definition) is 11. The van der Waals surface area contributed by atoms with Crippen molar-refractivity contribution in [1.29, 1.82) is 0 Å². The number of carbonyl (C=O) groups excluding carboxylic acids is 3. The lowest BCUT2D eigenvalue weighted by Crippen LogP contribution is -2.53. The SMILES string of the molecule is C#C[C@@]1(OC(C)=O)[C@@H](COc2cc(N3CCCNC3=O)ccc2CC(C(=O)O)C(=O)O)O[C@@H](n2cc(C)c(=O)[nH]c2=O)[C@@H]1OC(C)=O. The lowest BCUT2D eigenvalue weighted by molar-refractivity contribution is -0.175. The Hall–Kier alpha value is -5.63. The number of esters is 2. The van der Waals surface area contributed by atoms with Crippen molar-refractivity contribution in [1.82, 2.24) is 14.9 Å². The van der Waals surface area contributed by atoms with Gasteiger partial charge in [-0.3, -0.25) is 38.4 Å². The van der Waals surface area contributed by atoms with Crippen LogP contribution in [0.25, 0.3) is 0 Å². The van der Waals surface area contributed by atoms with Crippen LogP contribution in [0.2, 0.25) is 0 Å². The van der Waals surface area contributed by atoms with Gasteiger partial charge in [0.2, 0.25) is 11.7 Å². The normalized spacial score (nSPS) is 22.2. The number of ether oxygens (including phenoxy) is 4. The number of carbonyl (C=O) groups is 5. The summed E-state index contributed by atoms with van der Waals surface area (Å²) in [5.74, 6) is -4.60. The number of amides is 2. The van der Waals surface area contributed by atoms with Gasteiger partial charge < -0.3 is 34.5 Å². The molecule has 17 heteroatoms. The average molecular weight is 657 g/mol. The highest BCUT2D eigenvalue weighted by molar-refractivity contribution is 5.94. The molecule has 4 N–H and O–H groups in total. The molecule has 2 amide bonds. The second-order valence-electron chi connectivity index (χ2n) is 10.8. The summed E-state index contributed by atoms with van der Waals surface area (Å²) in [4.78, 5) is 89.0. The molecular weight excluding hydrogens is 624 g/mol. The molecule has 0 aliphatic carbocycles. The minimum absolute atomic E-state index is 0.0599. The zero-order valence-corrected chi connectivity index (χ0v) is 25.5. The lowest BCUT2D eigenvalue weighted by atomic mass is 9.92. The third-order valence-corrected chi connectivity index (χ3v) is 7.57. The third-order valence-electron chi connectivity index (χ3n) is 7.57. The number of benzene rings is 1. The number of nitrogens with one attached hydrogen (secondary N) is 2. The Bertz CT molecular complexity index is 1740. The van der Waals surface area contributed by atoms with Crippen LogP contribution in [0.3, 0.4) is 0 Å². The first-order valence-corrected chi connectivity index (χ1v) is 14.3. The van der Waals surface area contributed by atoms with Crippen molar-refractivity contribution in [2.24, 2.45) is 5.92 Å². The molecule has 2 aliphatic heterocycles. The molecule has 17 nitrogen and oxygen atoms in total. The van der Waals surface area contributed by atoms with Gasteiger partial charge in [0.15, 0.2) is 12.1 Å². The van der Waals surface area contributed by atoms with Crippen LogP contribution in [0.15, 0.2) is 34.0 Å². The molecule has 4 rings (SSSR count). The Kier molecular flexibility index (Phi) is 10.0. The number of aromatic amines is 1. The van der Waals surface area contributed by atoms with Gasteiger partial charge in [0, 0.05) is 50.5 Å². The zero-order chi connectivity index (χ0) is 34.6. The molecule has 3 heterocycles. The predicted molar refractivity (Wildman–Crippen MR) is 159 cm³/mol. The molecule has 4 atom stereocenters. The van der Waals surface area contributed by atoms with Gasteiger partial charge >= 0.3 is 35.6 Å². The van der Waals surface area contributed by atoms with Crippen LogP contribution in [0.1, 0.15) is 37.6 Å². The lowest BCUT2D eigenvalue weighted by Gasteiger charge is -2.32. The second-order valence-corrected chi connectivity index (χ2v) is 10.8. The minimum Gasteiger partial charge on any atom is -0.490 e. The van der Waals surface area contributed by atoms with Crippen molar-refractivity contribution in [3.8, 4) is 18.1 Å². The van der Waals surface area contributed by atoms with Gasteiger partial charge in [0.1, 0.15) is 18.5 Å². The minimum atomic E-state index is -2.21. The van der Waals surface area contributed by atoms with E-state index in [9.17, 15) is 43.8 Å². The summed E-state index contributed by atoms with van der Waals surface area (Å²) in [5.41, 5.74) is -3.31. The molecule has 2 fully saturated rings. The smallest absolute Gasteiger partial charge is 0.330 e. The van der Waals surface area contributed by atoms with E-state index in [2.05, 4.69) is 16.2 Å². The van der Waals surface area contributed by atoms with Gasteiger partial charge in [-0.25, -0.2) is 9.59 Å². The number of terminal acetylenes is 1. The summed E-state index contributed by atoms with van der Waals surface area (Å²) in [6.45, 7) is 3.71. The number of aliphatic carboxylic acids is 2. The number of urea groups is 1. The van der Waals surface area contributed by atoms with Crippen molar-refractivity contribution in [3.05, 3.63) is 56.4 Å². The summed E-state index contributed by atoms with van der Waals surface area (Å²) in [7, 11) is 0. The highest BCUT2D eigenvalue weighted by Crippen LogP contribution is 2.42. The molecule has 47 heavy (non-hydrogen) atoms. The molecule has 0 spiro atoms. The van der Waals surface area contributed by atoms with Crippen LogP contribution in [0.4, 0.5) is 10.5 Å². The number of hydrogen-bond donors (Lipinski definition) is 4. The number of rotatable bonds is 11. The standard InChI is InChI=1S/C30H32N4O13/c1-5-30(47-17(4)36)22(46-25(23(30)45-16(3)35)34-13-15(2)24(37)32-29(34)43)14-44-21-12-19(33-10-6-9-31-28(33)42)8-7-18(21)11-20(26(38)39)27(40)41/h1,7-8,12-13,20,22-23,25H,6,9-11,14H2,2-4H3,(H,31,42)(H,38,39)(H,40,41)(H,32,37,43)/t22-,23+,25-,30-/m1/s1. The molecule has 2 saturated heterocycles. The highest BCUT2D eigenvalue weighted by atomic mass is 16.7. The van der Waals surface area contributed by atoms with Crippen molar-refractivity contribution < 1.29 is 53.1 Å². The summed E-state index contributed by atoms with van der Waals surface area (Å²) >= 11 is 0. The average Bonchev–Trinajstić information content (AvgIpc) is 3.28. The van der Waals surface area contributed by atoms with Crippen LogP contribution in [0, 0.1) is 25.2 Å². The maximum Gasteiger partial charge on any atom is 0.330 e. The fourth-order valence-corrected chi connectivity index (χ4v) is 5.33. The molecule has 2 aliphatic rings. The molecule has 0 radical (unpaired) electrons. The van der Waals surface area contributed by atoms with Gasteiger partial charge in [-0.15, -0.1) is 6.42 Å². The van der Waals surface area contributed by atoms with E-state index in [0.29, 0.717) is 25.2 Å². The number of anilines is 1. The van der Waals surface area contributed by atoms with E-state index in [1.807, 2.05) is 0 Å². The topological polar surface area (TPSA) is 233 Å².